The van der Waals surface area contributed by atoms with Crippen LogP contribution in [0.4, 0.5) is 0 Å². The average molecular weight is 335 g/mol. The van der Waals surface area contributed by atoms with E-state index in [1.807, 2.05) is 28.8 Å². The highest BCUT2D eigenvalue weighted by molar-refractivity contribution is 7.90. The van der Waals surface area contributed by atoms with Gasteiger partial charge in [0.2, 0.25) is 0 Å². The molecule has 0 spiro atoms. The highest BCUT2D eigenvalue weighted by Crippen LogP contribution is 2.26. The standard InChI is InChI=1S/C16H15ClN2O2S/c1-12(13-5-7-14(17)8-6-13)22(20,21)11-15-10-19-9-3-2-4-16(19)18-15/h2-10,12H,11H2,1H3. The molecule has 22 heavy (non-hydrogen) atoms. The number of sulfone groups is 1. The lowest BCUT2D eigenvalue weighted by Crippen LogP contribution is -2.13. The number of hydrogen-bond acceptors (Lipinski definition) is 3. The summed E-state index contributed by atoms with van der Waals surface area (Å²) >= 11 is 5.84. The normalized spacial score (nSPS) is 13.4. The fourth-order valence-electron chi connectivity index (χ4n) is 2.33. The van der Waals surface area contributed by atoms with Gasteiger partial charge in [-0.05, 0) is 36.8 Å². The Hall–Kier alpha value is -1.85. The molecule has 1 atom stereocenters. The summed E-state index contributed by atoms with van der Waals surface area (Å²) in [6, 6.07) is 12.5. The molecule has 0 N–H and O–H groups in total. The van der Waals surface area contributed by atoms with Crippen molar-refractivity contribution in [2.45, 2.75) is 17.9 Å². The molecule has 0 bridgehead atoms. The fourth-order valence-corrected chi connectivity index (χ4v) is 3.83. The maximum atomic E-state index is 12.6. The highest BCUT2D eigenvalue weighted by atomic mass is 35.5. The van der Waals surface area contributed by atoms with Crippen LogP contribution >= 0.6 is 11.6 Å². The molecule has 3 rings (SSSR count). The summed E-state index contributed by atoms with van der Waals surface area (Å²) in [6.45, 7) is 1.69. The van der Waals surface area contributed by atoms with Crippen LogP contribution in [0.1, 0.15) is 23.4 Å². The van der Waals surface area contributed by atoms with E-state index in [4.69, 9.17) is 11.6 Å². The van der Waals surface area contributed by atoms with E-state index in [9.17, 15) is 8.42 Å². The van der Waals surface area contributed by atoms with Crippen molar-refractivity contribution in [1.29, 1.82) is 0 Å². The molecule has 2 aromatic heterocycles. The van der Waals surface area contributed by atoms with Gasteiger partial charge in [0.25, 0.3) is 0 Å². The lowest BCUT2D eigenvalue weighted by molar-refractivity contribution is 0.585. The van der Waals surface area contributed by atoms with Crippen LogP contribution in [0.5, 0.6) is 0 Å². The number of nitrogens with zero attached hydrogens (tertiary/aromatic N) is 2. The van der Waals surface area contributed by atoms with Crippen LogP contribution in [0.2, 0.25) is 5.02 Å². The summed E-state index contributed by atoms with van der Waals surface area (Å²) in [7, 11) is -3.35. The van der Waals surface area contributed by atoms with Gasteiger partial charge in [0.15, 0.2) is 9.84 Å². The molecule has 6 heteroatoms. The van der Waals surface area contributed by atoms with Gasteiger partial charge in [-0.25, -0.2) is 13.4 Å². The van der Waals surface area contributed by atoms with Gasteiger partial charge in [0.05, 0.1) is 16.7 Å². The number of hydrogen-bond donors (Lipinski definition) is 0. The maximum absolute atomic E-state index is 12.6. The predicted octanol–water partition coefficient (Wildman–Crippen LogP) is 3.66. The zero-order chi connectivity index (χ0) is 15.7. The zero-order valence-corrected chi connectivity index (χ0v) is 13.6. The van der Waals surface area contributed by atoms with Crippen molar-refractivity contribution < 1.29 is 8.42 Å². The van der Waals surface area contributed by atoms with Crippen molar-refractivity contribution in [2.24, 2.45) is 0 Å². The first-order chi connectivity index (χ1) is 10.5. The molecule has 0 aliphatic rings. The first kappa shape index (κ1) is 15.1. The summed E-state index contributed by atoms with van der Waals surface area (Å²) < 4.78 is 27.0. The van der Waals surface area contributed by atoms with Crippen molar-refractivity contribution in [3.8, 4) is 0 Å². The number of imidazole rings is 1. The summed E-state index contributed by atoms with van der Waals surface area (Å²) in [6.07, 6.45) is 3.60. The summed E-state index contributed by atoms with van der Waals surface area (Å²) in [5.74, 6) is -0.0848. The number of halogens is 1. The van der Waals surface area contributed by atoms with E-state index in [1.54, 1.807) is 37.4 Å². The minimum Gasteiger partial charge on any atom is -0.307 e. The van der Waals surface area contributed by atoms with Crippen molar-refractivity contribution >= 4 is 27.1 Å². The Bertz CT molecular complexity index is 868. The van der Waals surface area contributed by atoms with Crippen LogP contribution in [-0.4, -0.2) is 17.8 Å². The first-order valence-electron chi connectivity index (χ1n) is 6.85. The maximum Gasteiger partial charge on any atom is 0.162 e. The third-order valence-electron chi connectivity index (χ3n) is 3.64. The van der Waals surface area contributed by atoms with Crippen LogP contribution in [0.25, 0.3) is 5.65 Å². The quantitative estimate of drug-likeness (QED) is 0.731. The Balaban J connectivity index is 1.87. The van der Waals surface area contributed by atoms with E-state index >= 15 is 0 Å². The topological polar surface area (TPSA) is 51.4 Å². The summed E-state index contributed by atoms with van der Waals surface area (Å²) in [5, 5.41) is -0.0109. The van der Waals surface area contributed by atoms with Crippen LogP contribution in [0, 0.1) is 0 Å². The Morgan fingerprint density at radius 3 is 2.59 bits per heavy atom. The van der Waals surface area contributed by atoms with Crippen molar-refractivity contribution in [3.63, 3.8) is 0 Å². The third kappa shape index (κ3) is 3.00. The van der Waals surface area contributed by atoms with E-state index in [-0.39, 0.29) is 5.75 Å². The minimum absolute atomic E-state index is 0.0848. The van der Waals surface area contributed by atoms with Crippen molar-refractivity contribution in [2.75, 3.05) is 0 Å². The Morgan fingerprint density at radius 2 is 1.91 bits per heavy atom. The third-order valence-corrected chi connectivity index (χ3v) is 5.94. The van der Waals surface area contributed by atoms with Gasteiger partial charge in [0.1, 0.15) is 5.65 Å². The van der Waals surface area contributed by atoms with E-state index in [0.29, 0.717) is 10.7 Å². The lowest BCUT2D eigenvalue weighted by Gasteiger charge is -2.12. The molecule has 0 fully saturated rings. The van der Waals surface area contributed by atoms with Gasteiger partial charge in [-0.3, -0.25) is 0 Å². The van der Waals surface area contributed by atoms with Crippen LogP contribution in [-0.2, 0) is 15.6 Å². The second-order valence-corrected chi connectivity index (χ2v) is 7.96. The minimum atomic E-state index is -3.35. The summed E-state index contributed by atoms with van der Waals surface area (Å²) in [4.78, 5) is 4.35. The van der Waals surface area contributed by atoms with E-state index in [0.717, 1.165) is 11.2 Å². The van der Waals surface area contributed by atoms with Gasteiger partial charge < -0.3 is 4.40 Å². The molecular formula is C16H15ClN2O2S. The van der Waals surface area contributed by atoms with E-state index in [1.165, 1.54) is 0 Å². The van der Waals surface area contributed by atoms with Crippen molar-refractivity contribution in [1.82, 2.24) is 9.38 Å². The molecule has 3 aromatic rings. The van der Waals surface area contributed by atoms with E-state index in [2.05, 4.69) is 4.98 Å². The molecule has 4 nitrogen and oxygen atoms in total. The predicted molar refractivity (Wildman–Crippen MR) is 87.7 cm³/mol. The molecular weight excluding hydrogens is 320 g/mol. The SMILES string of the molecule is CC(c1ccc(Cl)cc1)S(=O)(=O)Cc1cn2ccccc2n1. The molecule has 0 aliphatic carbocycles. The molecule has 0 saturated heterocycles. The first-order valence-corrected chi connectivity index (χ1v) is 8.95. The molecule has 0 radical (unpaired) electrons. The Kier molecular flexibility index (Phi) is 3.93. The second-order valence-electron chi connectivity index (χ2n) is 5.20. The van der Waals surface area contributed by atoms with Gasteiger partial charge in [-0.15, -0.1) is 0 Å². The van der Waals surface area contributed by atoms with Gasteiger partial charge in [-0.2, -0.15) is 0 Å². The molecule has 1 unspecified atom stereocenters. The number of fused-ring (bicyclic) bond motifs is 1. The second kappa shape index (κ2) is 5.74. The largest absolute Gasteiger partial charge is 0.307 e. The average Bonchev–Trinajstić information content (AvgIpc) is 2.88. The molecule has 2 heterocycles. The number of pyridine rings is 1. The van der Waals surface area contributed by atoms with Gasteiger partial charge in [-0.1, -0.05) is 29.8 Å². The summed E-state index contributed by atoms with van der Waals surface area (Å²) in [5.41, 5.74) is 2.02. The van der Waals surface area contributed by atoms with Crippen molar-refractivity contribution in [3.05, 3.63) is 71.1 Å². The Labute approximate surface area is 134 Å². The smallest absolute Gasteiger partial charge is 0.162 e. The molecule has 1 aromatic carbocycles. The molecule has 0 aliphatic heterocycles. The number of benzene rings is 1. The zero-order valence-electron chi connectivity index (χ0n) is 12.0. The molecule has 114 valence electrons. The van der Waals surface area contributed by atoms with Gasteiger partial charge in [0, 0.05) is 17.4 Å². The van der Waals surface area contributed by atoms with E-state index < -0.39 is 15.1 Å². The fraction of sp³-hybridized carbons (Fsp3) is 0.188. The lowest BCUT2D eigenvalue weighted by atomic mass is 10.2. The molecule has 0 amide bonds. The molecule has 0 saturated carbocycles. The number of aromatic nitrogens is 2. The van der Waals surface area contributed by atoms with Crippen LogP contribution < -0.4 is 0 Å². The van der Waals surface area contributed by atoms with Crippen LogP contribution in [0.3, 0.4) is 0 Å². The van der Waals surface area contributed by atoms with Gasteiger partial charge >= 0.3 is 0 Å². The van der Waals surface area contributed by atoms with Crippen LogP contribution in [0.15, 0.2) is 54.9 Å². The number of rotatable bonds is 4. The highest BCUT2D eigenvalue weighted by Gasteiger charge is 2.24. The Morgan fingerprint density at radius 1 is 1.18 bits per heavy atom. The monoisotopic (exact) mass is 334 g/mol.